The van der Waals surface area contributed by atoms with Crippen molar-refractivity contribution in [2.75, 3.05) is 6.54 Å². The minimum absolute atomic E-state index is 0.0443. The van der Waals surface area contributed by atoms with E-state index in [0.717, 1.165) is 5.56 Å². The molecule has 1 saturated heterocycles. The number of rotatable bonds is 4. The lowest BCUT2D eigenvalue weighted by Gasteiger charge is -2.22. The zero-order valence-electron chi connectivity index (χ0n) is 11.2. The topological polar surface area (TPSA) is 60.4 Å². The number of carbonyl (C=O) groups is 1. The number of benzene rings is 1. The SMILES string of the molecule is Cc1ccc(CN2CC(C(C)S(=O)[O-])CC2=O)cc1. The zero-order valence-corrected chi connectivity index (χ0v) is 12.0. The van der Waals surface area contributed by atoms with Crippen molar-refractivity contribution in [2.45, 2.75) is 32.1 Å². The normalized spacial score (nSPS) is 22.6. The molecule has 4 nitrogen and oxygen atoms in total. The Labute approximate surface area is 116 Å². The summed E-state index contributed by atoms with van der Waals surface area (Å²) < 4.78 is 21.9. The summed E-state index contributed by atoms with van der Waals surface area (Å²) in [7, 11) is 0. The number of aryl methyl sites for hydroxylation is 1. The first-order valence-corrected chi connectivity index (χ1v) is 7.52. The molecule has 104 valence electrons. The number of nitrogens with zero attached hydrogens (tertiary/aromatic N) is 1. The number of carbonyl (C=O) groups excluding carboxylic acids is 1. The minimum Gasteiger partial charge on any atom is -0.772 e. The molecule has 0 aliphatic carbocycles. The van der Waals surface area contributed by atoms with E-state index in [1.165, 1.54) is 5.56 Å². The first-order chi connectivity index (χ1) is 8.97. The van der Waals surface area contributed by atoms with E-state index >= 15 is 0 Å². The maximum absolute atomic E-state index is 11.9. The average molecular weight is 280 g/mol. The second-order valence-corrected chi connectivity index (χ2v) is 6.45. The number of likely N-dealkylation sites (tertiary alicyclic amines) is 1. The lowest BCUT2D eigenvalue weighted by molar-refractivity contribution is -0.128. The molecule has 1 aliphatic rings. The quantitative estimate of drug-likeness (QED) is 0.787. The zero-order chi connectivity index (χ0) is 14.0. The summed E-state index contributed by atoms with van der Waals surface area (Å²) in [5, 5.41) is -0.466. The summed E-state index contributed by atoms with van der Waals surface area (Å²) in [5.41, 5.74) is 2.26. The fraction of sp³-hybridized carbons (Fsp3) is 0.500. The Morgan fingerprint density at radius 2 is 2.05 bits per heavy atom. The van der Waals surface area contributed by atoms with Gasteiger partial charge in [-0.25, -0.2) is 0 Å². The Hall–Kier alpha value is -1.20. The van der Waals surface area contributed by atoms with Crippen LogP contribution in [0, 0.1) is 12.8 Å². The summed E-state index contributed by atoms with van der Waals surface area (Å²) in [6, 6.07) is 8.04. The largest absolute Gasteiger partial charge is 0.772 e. The third-order valence-corrected chi connectivity index (χ3v) is 4.70. The highest BCUT2D eigenvalue weighted by Gasteiger charge is 2.33. The van der Waals surface area contributed by atoms with Crippen molar-refractivity contribution in [3.8, 4) is 0 Å². The highest BCUT2D eigenvalue weighted by Crippen LogP contribution is 2.25. The van der Waals surface area contributed by atoms with Gasteiger partial charge >= 0.3 is 0 Å². The van der Waals surface area contributed by atoms with Gasteiger partial charge in [-0.1, -0.05) is 47.8 Å². The maximum atomic E-state index is 11.9. The van der Waals surface area contributed by atoms with Crippen molar-refractivity contribution in [1.29, 1.82) is 0 Å². The van der Waals surface area contributed by atoms with Crippen LogP contribution in [0.2, 0.25) is 0 Å². The third-order valence-electron chi connectivity index (χ3n) is 3.71. The smallest absolute Gasteiger partial charge is 0.223 e. The highest BCUT2D eigenvalue weighted by molar-refractivity contribution is 7.79. The van der Waals surface area contributed by atoms with E-state index in [2.05, 4.69) is 0 Å². The standard InChI is InChI=1S/C14H19NO3S/c1-10-3-5-12(6-4-10)8-15-9-13(7-14(15)16)11(2)19(17)18/h3-6,11,13H,7-9H2,1-2H3,(H,17,18)/p-1. The molecule has 0 bridgehead atoms. The third kappa shape index (κ3) is 3.42. The van der Waals surface area contributed by atoms with E-state index in [0.29, 0.717) is 19.5 Å². The van der Waals surface area contributed by atoms with Crippen molar-refractivity contribution in [3.05, 3.63) is 35.4 Å². The Bertz CT molecular complexity index is 486. The molecule has 3 atom stereocenters. The lowest BCUT2D eigenvalue weighted by atomic mass is 10.1. The van der Waals surface area contributed by atoms with Gasteiger partial charge in [-0.3, -0.25) is 9.00 Å². The molecule has 0 saturated carbocycles. The van der Waals surface area contributed by atoms with Crippen LogP contribution in [0.25, 0.3) is 0 Å². The second kappa shape index (κ2) is 5.84. The van der Waals surface area contributed by atoms with Crippen LogP contribution in [0.3, 0.4) is 0 Å². The van der Waals surface area contributed by atoms with Crippen molar-refractivity contribution >= 4 is 17.0 Å². The van der Waals surface area contributed by atoms with Crippen LogP contribution in [0.4, 0.5) is 0 Å². The molecule has 0 radical (unpaired) electrons. The molecule has 19 heavy (non-hydrogen) atoms. The maximum Gasteiger partial charge on any atom is 0.223 e. The number of amides is 1. The summed E-state index contributed by atoms with van der Waals surface area (Å²) in [6.45, 7) is 4.78. The van der Waals surface area contributed by atoms with Gasteiger partial charge < -0.3 is 9.45 Å². The van der Waals surface area contributed by atoms with Gasteiger partial charge in [0, 0.05) is 24.8 Å². The van der Waals surface area contributed by atoms with E-state index < -0.39 is 16.3 Å². The Balaban J connectivity index is 2.00. The summed E-state index contributed by atoms with van der Waals surface area (Å²) >= 11 is -2.11. The van der Waals surface area contributed by atoms with Gasteiger partial charge in [0.25, 0.3) is 0 Å². The van der Waals surface area contributed by atoms with Crippen molar-refractivity contribution in [1.82, 2.24) is 4.90 Å². The average Bonchev–Trinajstić information content (AvgIpc) is 2.72. The molecule has 0 N–H and O–H groups in total. The summed E-state index contributed by atoms with van der Waals surface area (Å²) in [4.78, 5) is 13.7. The second-order valence-electron chi connectivity index (χ2n) is 5.19. The Morgan fingerprint density at radius 3 is 2.63 bits per heavy atom. The fourth-order valence-electron chi connectivity index (χ4n) is 2.34. The summed E-state index contributed by atoms with van der Waals surface area (Å²) in [6.07, 6.45) is 0.334. The Kier molecular flexibility index (Phi) is 4.37. The van der Waals surface area contributed by atoms with Crippen LogP contribution in [0.1, 0.15) is 24.5 Å². The van der Waals surface area contributed by atoms with Crippen LogP contribution >= 0.6 is 0 Å². The number of hydrogen-bond acceptors (Lipinski definition) is 3. The van der Waals surface area contributed by atoms with Crippen LogP contribution in [-0.4, -0.2) is 31.4 Å². The predicted octanol–water partition coefficient (Wildman–Crippen LogP) is 1.61. The van der Waals surface area contributed by atoms with Gasteiger partial charge in [0.05, 0.1) is 0 Å². The van der Waals surface area contributed by atoms with Gasteiger partial charge in [0.1, 0.15) is 0 Å². The van der Waals surface area contributed by atoms with Crippen molar-refractivity contribution in [3.63, 3.8) is 0 Å². The van der Waals surface area contributed by atoms with E-state index in [4.69, 9.17) is 0 Å². The van der Waals surface area contributed by atoms with Crippen molar-refractivity contribution < 1.29 is 13.6 Å². The monoisotopic (exact) mass is 280 g/mol. The molecule has 3 unspecified atom stereocenters. The molecule has 1 aromatic rings. The predicted molar refractivity (Wildman–Crippen MR) is 73.1 cm³/mol. The van der Waals surface area contributed by atoms with Gasteiger partial charge in [-0.05, 0) is 18.4 Å². The molecule has 1 amide bonds. The minimum atomic E-state index is -2.11. The van der Waals surface area contributed by atoms with E-state index in [-0.39, 0.29) is 11.8 Å². The lowest BCUT2D eigenvalue weighted by Crippen LogP contribution is -2.27. The van der Waals surface area contributed by atoms with Crippen molar-refractivity contribution in [2.24, 2.45) is 5.92 Å². The molecular formula is C14H18NO3S-. The van der Waals surface area contributed by atoms with Gasteiger partial charge in [0.2, 0.25) is 5.91 Å². The van der Waals surface area contributed by atoms with E-state index in [1.54, 1.807) is 11.8 Å². The van der Waals surface area contributed by atoms with Crippen LogP contribution in [0.5, 0.6) is 0 Å². The first-order valence-electron chi connectivity index (χ1n) is 6.38. The first kappa shape index (κ1) is 14.2. The molecule has 0 spiro atoms. The molecule has 1 aromatic carbocycles. The van der Waals surface area contributed by atoms with Crippen LogP contribution in [-0.2, 0) is 22.4 Å². The summed E-state index contributed by atoms with van der Waals surface area (Å²) in [5.74, 6) is -0.0424. The van der Waals surface area contributed by atoms with Gasteiger partial charge in [-0.15, -0.1) is 0 Å². The van der Waals surface area contributed by atoms with Crippen LogP contribution < -0.4 is 0 Å². The molecule has 1 aliphatic heterocycles. The molecule has 0 aromatic heterocycles. The van der Waals surface area contributed by atoms with E-state index in [9.17, 15) is 13.6 Å². The fourth-order valence-corrected chi connectivity index (χ4v) is 2.84. The van der Waals surface area contributed by atoms with Gasteiger partial charge in [-0.2, -0.15) is 0 Å². The Morgan fingerprint density at radius 1 is 1.42 bits per heavy atom. The molecule has 1 fully saturated rings. The molecule has 2 rings (SSSR count). The molecule has 5 heteroatoms. The molecule has 1 heterocycles. The van der Waals surface area contributed by atoms with Crippen LogP contribution in [0.15, 0.2) is 24.3 Å². The van der Waals surface area contributed by atoms with Gasteiger partial charge in [0.15, 0.2) is 0 Å². The molecular weight excluding hydrogens is 262 g/mol. The van der Waals surface area contributed by atoms with E-state index in [1.807, 2.05) is 31.2 Å². The number of hydrogen-bond donors (Lipinski definition) is 0. The highest BCUT2D eigenvalue weighted by atomic mass is 32.2.